The van der Waals surface area contributed by atoms with Crippen molar-refractivity contribution < 1.29 is 0 Å². The zero-order valence-electron chi connectivity index (χ0n) is 9.28. The molecule has 1 aliphatic heterocycles. The number of allylic oxidation sites excluding steroid dienone is 1. The second kappa shape index (κ2) is 5.96. The van der Waals surface area contributed by atoms with Crippen LogP contribution < -0.4 is 5.73 Å². The van der Waals surface area contributed by atoms with Crippen LogP contribution in [0.25, 0.3) is 0 Å². The Labute approximate surface area is 85.5 Å². The van der Waals surface area contributed by atoms with Crippen LogP contribution in [0.15, 0.2) is 33.4 Å². The van der Waals surface area contributed by atoms with Crippen molar-refractivity contribution in [2.24, 2.45) is 15.7 Å². The van der Waals surface area contributed by atoms with Gasteiger partial charge in [0.05, 0.1) is 0 Å². The van der Waals surface area contributed by atoms with E-state index in [2.05, 4.69) is 16.7 Å². The summed E-state index contributed by atoms with van der Waals surface area (Å²) < 4.78 is 0. The minimum Gasteiger partial charge on any atom is -0.381 e. The number of nitrogens with two attached hydrogens (primary N) is 1. The maximum absolute atomic E-state index is 5.55. The Morgan fingerprint density at radius 1 is 1.57 bits per heavy atom. The molecule has 0 bridgehead atoms. The van der Waals surface area contributed by atoms with Crippen molar-refractivity contribution in [2.45, 2.75) is 20.8 Å². The van der Waals surface area contributed by atoms with Gasteiger partial charge in [0.1, 0.15) is 0 Å². The molecule has 0 aliphatic carbocycles. The lowest BCUT2D eigenvalue weighted by molar-refractivity contribution is 0.544. The molecular weight excluding hydrogens is 176 g/mol. The maximum atomic E-state index is 5.55. The third-order valence-electron chi connectivity index (χ3n) is 1.52. The van der Waals surface area contributed by atoms with Crippen molar-refractivity contribution in [2.75, 3.05) is 7.05 Å². The second-order valence-electron chi connectivity index (χ2n) is 2.61. The lowest BCUT2D eigenvalue weighted by atomic mass is 10.3. The first kappa shape index (κ1) is 12.4. The molecule has 1 aliphatic rings. The average molecular weight is 194 g/mol. The molecule has 0 aromatic heterocycles. The van der Waals surface area contributed by atoms with Gasteiger partial charge in [-0.1, -0.05) is 13.8 Å². The van der Waals surface area contributed by atoms with Crippen LogP contribution in [0.4, 0.5) is 0 Å². The van der Waals surface area contributed by atoms with Gasteiger partial charge in [-0.3, -0.25) is 0 Å². The molecule has 0 saturated carbocycles. The molecule has 1 rings (SSSR count). The summed E-state index contributed by atoms with van der Waals surface area (Å²) in [5, 5.41) is 0. The van der Waals surface area contributed by atoms with Gasteiger partial charge in [-0.05, 0) is 19.2 Å². The predicted octanol–water partition coefficient (Wildman–Crippen LogP) is 1.72. The number of hydrogen-bond acceptors (Lipinski definition) is 4. The van der Waals surface area contributed by atoms with Gasteiger partial charge < -0.3 is 10.6 Å². The molecule has 0 aromatic rings. The van der Waals surface area contributed by atoms with Gasteiger partial charge in [-0.2, -0.15) is 0 Å². The summed E-state index contributed by atoms with van der Waals surface area (Å²) >= 11 is 0. The smallest absolute Gasteiger partial charge is 0.175 e. The highest BCUT2D eigenvalue weighted by atomic mass is 15.2. The number of hydrogen-bond donors (Lipinski definition) is 1. The Morgan fingerprint density at radius 3 is 2.57 bits per heavy atom. The third-order valence-corrected chi connectivity index (χ3v) is 1.52. The van der Waals surface area contributed by atoms with Crippen molar-refractivity contribution >= 4 is 12.9 Å². The highest BCUT2D eigenvalue weighted by molar-refractivity contribution is 5.79. The quantitative estimate of drug-likeness (QED) is 0.646. The van der Waals surface area contributed by atoms with E-state index >= 15 is 0 Å². The monoisotopic (exact) mass is 194 g/mol. The van der Waals surface area contributed by atoms with Crippen LogP contribution in [-0.2, 0) is 0 Å². The first-order valence-electron chi connectivity index (χ1n) is 4.57. The highest BCUT2D eigenvalue weighted by Gasteiger charge is 2.08. The first-order chi connectivity index (χ1) is 6.65. The SMILES string of the molecule is C=N/C(N)=C1/N=CC(C)=CN1C.CC. The molecule has 2 N–H and O–H groups in total. The first-order valence-corrected chi connectivity index (χ1v) is 4.57. The summed E-state index contributed by atoms with van der Waals surface area (Å²) in [6, 6.07) is 0. The standard InChI is InChI=1S/C8H12N4.C2H6/c1-6-4-11-8(7(9)10-2)12(3)5-6;1-2/h4-5H,2,9H2,1,3H3;1-2H3/b8-7-;. The van der Waals surface area contributed by atoms with E-state index in [0.29, 0.717) is 11.6 Å². The molecule has 0 radical (unpaired) electrons. The minimum absolute atomic E-state index is 0.345. The fourth-order valence-corrected chi connectivity index (χ4v) is 0.971. The van der Waals surface area contributed by atoms with Crippen molar-refractivity contribution in [3.05, 3.63) is 23.4 Å². The second-order valence-corrected chi connectivity index (χ2v) is 2.61. The van der Waals surface area contributed by atoms with Gasteiger partial charge in [0.15, 0.2) is 11.6 Å². The lowest BCUT2D eigenvalue weighted by Gasteiger charge is -2.19. The summed E-state index contributed by atoms with van der Waals surface area (Å²) in [6.07, 6.45) is 3.67. The molecule has 0 spiro atoms. The fourth-order valence-electron chi connectivity index (χ4n) is 0.971. The van der Waals surface area contributed by atoms with Crippen molar-refractivity contribution in [3.63, 3.8) is 0 Å². The molecule has 0 aromatic carbocycles. The van der Waals surface area contributed by atoms with E-state index in [9.17, 15) is 0 Å². The Kier molecular flexibility index (Phi) is 5.29. The molecule has 78 valence electrons. The van der Waals surface area contributed by atoms with Crippen molar-refractivity contribution in [3.8, 4) is 0 Å². The minimum atomic E-state index is 0.345. The van der Waals surface area contributed by atoms with Gasteiger partial charge in [-0.15, -0.1) is 0 Å². The van der Waals surface area contributed by atoms with Crippen LogP contribution in [0.1, 0.15) is 20.8 Å². The van der Waals surface area contributed by atoms with E-state index in [0.717, 1.165) is 5.57 Å². The Morgan fingerprint density at radius 2 is 2.14 bits per heavy atom. The van der Waals surface area contributed by atoms with E-state index < -0.39 is 0 Å². The molecule has 14 heavy (non-hydrogen) atoms. The van der Waals surface area contributed by atoms with Crippen molar-refractivity contribution in [1.82, 2.24) is 4.90 Å². The van der Waals surface area contributed by atoms with Crippen LogP contribution in [0.2, 0.25) is 0 Å². The normalized spacial score (nSPS) is 18.0. The van der Waals surface area contributed by atoms with E-state index in [1.165, 1.54) is 0 Å². The number of rotatable bonds is 1. The lowest BCUT2D eigenvalue weighted by Crippen LogP contribution is -2.17. The summed E-state index contributed by atoms with van der Waals surface area (Å²) in [5.74, 6) is 0.980. The van der Waals surface area contributed by atoms with Gasteiger partial charge in [0.2, 0.25) is 0 Å². The summed E-state index contributed by atoms with van der Waals surface area (Å²) in [7, 11) is 1.87. The van der Waals surface area contributed by atoms with Crippen LogP contribution in [0.5, 0.6) is 0 Å². The summed E-state index contributed by atoms with van der Waals surface area (Å²) in [6.45, 7) is 9.30. The Balaban J connectivity index is 0.000000791. The average Bonchev–Trinajstić information content (AvgIpc) is 2.20. The summed E-state index contributed by atoms with van der Waals surface area (Å²) in [4.78, 5) is 9.54. The van der Waals surface area contributed by atoms with Crippen LogP contribution >= 0.6 is 0 Å². The Hall–Kier alpha value is -1.58. The topological polar surface area (TPSA) is 54.0 Å². The Bertz CT molecular complexity index is 286. The van der Waals surface area contributed by atoms with Gasteiger partial charge in [0.25, 0.3) is 0 Å². The van der Waals surface area contributed by atoms with Gasteiger partial charge >= 0.3 is 0 Å². The zero-order valence-corrected chi connectivity index (χ0v) is 9.28. The predicted molar refractivity (Wildman–Crippen MR) is 62.1 cm³/mol. The van der Waals surface area contributed by atoms with E-state index in [4.69, 9.17) is 5.73 Å². The van der Waals surface area contributed by atoms with Crippen LogP contribution in [0, 0.1) is 0 Å². The molecular formula is C10H18N4. The van der Waals surface area contributed by atoms with Crippen LogP contribution in [-0.4, -0.2) is 24.9 Å². The number of aliphatic imine (C=N–C) groups is 2. The third kappa shape index (κ3) is 3.05. The molecule has 0 amide bonds. The molecule has 0 fully saturated rings. The molecule has 0 unspecified atom stereocenters. The zero-order chi connectivity index (χ0) is 11.1. The number of nitrogens with zero attached hydrogens (tertiary/aromatic N) is 3. The summed E-state index contributed by atoms with van der Waals surface area (Å²) in [5.41, 5.74) is 6.63. The van der Waals surface area contributed by atoms with Crippen LogP contribution in [0.3, 0.4) is 0 Å². The molecule has 1 heterocycles. The molecule has 4 heteroatoms. The van der Waals surface area contributed by atoms with E-state index in [-0.39, 0.29) is 0 Å². The van der Waals surface area contributed by atoms with E-state index in [1.807, 2.05) is 38.9 Å². The van der Waals surface area contributed by atoms with Crippen molar-refractivity contribution in [1.29, 1.82) is 0 Å². The molecule has 0 saturated heterocycles. The maximum Gasteiger partial charge on any atom is 0.175 e. The molecule has 4 nitrogen and oxygen atoms in total. The van der Waals surface area contributed by atoms with Gasteiger partial charge in [0, 0.05) is 19.5 Å². The van der Waals surface area contributed by atoms with Gasteiger partial charge in [-0.25, -0.2) is 9.98 Å². The largest absolute Gasteiger partial charge is 0.381 e. The molecule has 0 atom stereocenters. The fraction of sp³-hybridized carbons (Fsp3) is 0.400. The highest BCUT2D eigenvalue weighted by Crippen LogP contribution is 2.13. The van der Waals surface area contributed by atoms with E-state index in [1.54, 1.807) is 6.21 Å².